The number of aromatic nitrogens is 2. The van der Waals surface area contributed by atoms with E-state index in [1.165, 1.54) is 16.7 Å². The van der Waals surface area contributed by atoms with E-state index < -0.39 is 5.97 Å². The highest BCUT2D eigenvalue weighted by Crippen LogP contribution is 2.38. The van der Waals surface area contributed by atoms with E-state index in [1.54, 1.807) is 0 Å². The second kappa shape index (κ2) is 8.88. The second-order valence-electron chi connectivity index (χ2n) is 10.6. The molecule has 1 fully saturated rings. The van der Waals surface area contributed by atoms with Gasteiger partial charge in [-0.05, 0) is 72.1 Å². The predicted octanol–water partition coefficient (Wildman–Crippen LogP) is 6.54. The number of nitrogens with zero attached hydrogens (tertiary/aromatic N) is 3. The van der Waals surface area contributed by atoms with Crippen LogP contribution in [0.25, 0.3) is 27.9 Å². The lowest BCUT2D eigenvalue weighted by Crippen LogP contribution is -2.38. The molecule has 0 unspecified atom stereocenters. The summed E-state index contributed by atoms with van der Waals surface area (Å²) < 4.78 is 1.94. The van der Waals surface area contributed by atoms with Crippen LogP contribution in [0.3, 0.4) is 0 Å². The molecule has 2 aromatic carbocycles. The molecule has 1 aliphatic heterocycles. The highest BCUT2D eigenvalue weighted by atomic mass is 16.4. The van der Waals surface area contributed by atoms with Gasteiger partial charge in [-0.2, -0.15) is 5.10 Å². The van der Waals surface area contributed by atoms with Crippen molar-refractivity contribution < 1.29 is 9.90 Å². The fraction of sp³-hybridized carbons (Fsp3) is 0.333. The lowest BCUT2D eigenvalue weighted by atomic mass is 9.82. The van der Waals surface area contributed by atoms with Crippen molar-refractivity contribution in [2.75, 3.05) is 18.0 Å². The summed E-state index contributed by atoms with van der Waals surface area (Å²) in [6.45, 7) is 10.6. The zero-order chi connectivity index (χ0) is 24.7. The number of hydrogen-bond donors (Lipinski definition) is 1. The number of benzene rings is 2. The van der Waals surface area contributed by atoms with E-state index >= 15 is 0 Å². The molecule has 1 saturated heterocycles. The van der Waals surface area contributed by atoms with Gasteiger partial charge in [-0.15, -0.1) is 0 Å². The van der Waals surface area contributed by atoms with Crippen LogP contribution in [0.4, 0.5) is 5.69 Å². The molecule has 2 aromatic heterocycles. The van der Waals surface area contributed by atoms with Crippen LogP contribution in [-0.4, -0.2) is 33.8 Å². The van der Waals surface area contributed by atoms with Crippen molar-refractivity contribution in [2.45, 2.75) is 47.0 Å². The third kappa shape index (κ3) is 4.55. The van der Waals surface area contributed by atoms with Crippen molar-refractivity contribution in [3.05, 3.63) is 77.5 Å². The Morgan fingerprint density at radius 2 is 1.69 bits per heavy atom. The average molecular weight is 468 g/mol. The SMILES string of the molecule is Cc1ccccc1-c1cccc(-c2cc3c(N4CCC(C)(C)CC4)c(CC(=O)O)c(C)cn3n2)c1. The molecule has 3 heterocycles. The molecule has 0 radical (unpaired) electrons. The van der Waals surface area contributed by atoms with Crippen molar-refractivity contribution in [3.8, 4) is 22.4 Å². The Hall–Kier alpha value is -3.60. The molecular formula is C30H33N3O2. The molecule has 5 rings (SSSR count). The van der Waals surface area contributed by atoms with Gasteiger partial charge in [0.2, 0.25) is 0 Å². The Bertz CT molecular complexity index is 1410. The molecule has 180 valence electrons. The van der Waals surface area contributed by atoms with Gasteiger partial charge < -0.3 is 10.0 Å². The van der Waals surface area contributed by atoms with Crippen LogP contribution in [0.15, 0.2) is 60.8 Å². The molecule has 1 aliphatic rings. The maximum absolute atomic E-state index is 11.8. The summed E-state index contributed by atoms with van der Waals surface area (Å²) in [5.41, 5.74) is 9.73. The number of aryl methyl sites for hydroxylation is 2. The molecule has 0 atom stereocenters. The minimum absolute atomic E-state index is 0.0147. The number of piperidine rings is 1. The number of hydrogen-bond acceptors (Lipinski definition) is 3. The molecule has 0 saturated carbocycles. The minimum Gasteiger partial charge on any atom is -0.481 e. The average Bonchev–Trinajstić information content (AvgIpc) is 3.24. The van der Waals surface area contributed by atoms with Gasteiger partial charge in [-0.25, -0.2) is 4.52 Å². The molecule has 5 heteroatoms. The normalized spacial score (nSPS) is 15.5. The number of carbonyl (C=O) groups is 1. The summed E-state index contributed by atoms with van der Waals surface area (Å²) in [5.74, 6) is -0.804. The topological polar surface area (TPSA) is 57.8 Å². The van der Waals surface area contributed by atoms with Gasteiger partial charge in [0.05, 0.1) is 23.3 Å². The monoisotopic (exact) mass is 467 g/mol. The number of aliphatic carboxylic acids is 1. The first kappa shape index (κ1) is 23.2. The van der Waals surface area contributed by atoms with Gasteiger partial charge in [0.25, 0.3) is 0 Å². The van der Waals surface area contributed by atoms with Crippen LogP contribution in [0.2, 0.25) is 0 Å². The Balaban J connectivity index is 1.63. The van der Waals surface area contributed by atoms with E-state index in [1.807, 2.05) is 17.6 Å². The molecule has 0 spiro atoms. The van der Waals surface area contributed by atoms with Gasteiger partial charge in [-0.3, -0.25) is 4.79 Å². The molecule has 35 heavy (non-hydrogen) atoms. The van der Waals surface area contributed by atoms with E-state index in [-0.39, 0.29) is 6.42 Å². The van der Waals surface area contributed by atoms with Crippen molar-refractivity contribution in [2.24, 2.45) is 5.41 Å². The summed E-state index contributed by atoms with van der Waals surface area (Å²) >= 11 is 0. The lowest BCUT2D eigenvalue weighted by molar-refractivity contribution is -0.136. The number of anilines is 1. The highest BCUT2D eigenvalue weighted by Gasteiger charge is 2.29. The van der Waals surface area contributed by atoms with Gasteiger partial charge in [-0.1, -0.05) is 56.3 Å². The molecular weight excluding hydrogens is 434 g/mol. The Kier molecular flexibility index (Phi) is 5.87. The summed E-state index contributed by atoms with van der Waals surface area (Å²) in [6.07, 6.45) is 4.15. The molecule has 4 aromatic rings. The third-order valence-corrected chi connectivity index (χ3v) is 7.43. The van der Waals surface area contributed by atoms with Crippen LogP contribution in [0.5, 0.6) is 0 Å². The summed E-state index contributed by atoms with van der Waals surface area (Å²) in [7, 11) is 0. The Morgan fingerprint density at radius 1 is 0.971 bits per heavy atom. The van der Waals surface area contributed by atoms with Crippen LogP contribution in [0, 0.1) is 19.3 Å². The van der Waals surface area contributed by atoms with Gasteiger partial charge in [0, 0.05) is 24.8 Å². The molecule has 0 bridgehead atoms. The van der Waals surface area contributed by atoms with Crippen LogP contribution < -0.4 is 4.90 Å². The van der Waals surface area contributed by atoms with Crippen molar-refractivity contribution in [1.29, 1.82) is 0 Å². The first-order chi connectivity index (χ1) is 16.7. The van der Waals surface area contributed by atoms with Crippen LogP contribution in [-0.2, 0) is 11.2 Å². The fourth-order valence-electron chi connectivity index (χ4n) is 5.22. The third-order valence-electron chi connectivity index (χ3n) is 7.43. The van der Waals surface area contributed by atoms with Crippen LogP contribution >= 0.6 is 0 Å². The van der Waals surface area contributed by atoms with Gasteiger partial charge in [0.15, 0.2) is 0 Å². The number of carboxylic acid groups (broad SMARTS) is 1. The number of fused-ring (bicyclic) bond motifs is 1. The number of rotatable bonds is 5. The Morgan fingerprint density at radius 3 is 2.40 bits per heavy atom. The largest absolute Gasteiger partial charge is 0.481 e. The maximum Gasteiger partial charge on any atom is 0.307 e. The molecule has 5 nitrogen and oxygen atoms in total. The molecule has 0 amide bonds. The van der Waals surface area contributed by atoms with Crippen molar-refractivity contribution in [1.82, 2.24) is 9.61 Å². The van der Waals surface area contributed by atoms with Crippen LogP contribution in [0.1, 0.15) is 43.4 Å². The highest BCUT2D eigenvalue weighted by molar-refractivity contribution is 5.85. The van der Waals surface area contributed by atoms with E-state index in [4.69, 9.17) is 5.10 Å². The lowest BCUT2D eigenvalue weighted by Gasteiger charge is -2.39. The first-order valence-electron chi connectivity index (χ1n) is 12.4. The summed E-state index contributed by atoms with van der Waals surface area (Å²) in [6, 6.07) is 19.0. The smallest absolute Gasteiger partial charge is 0.307 e. The second-order valence-corrected chi connectivity index (χ2v) is 10.6. The Labute approximate surface area is 207 Å². The number of pyridine rings is 1. The quantitative estimate of drug-likeness (QED) is 0.362. The van der Waals surface area contributed by atoms with Gasteiger partial charge >= 0.3 is 5.97 Å². The summed E-state index contributed by atoms with van der Waals surface area (Å²) in [4.78, 5) is 14.2. The minimum atomic E-state index is -0.804. The number of carboxylic acids is 1. The zero-order valence-electron chi connectivity index (χ0n) is 21.0. The zero-order valence-corrected chi connectivity index (χ0v) is 21.0. The van der Waals surface area contributed by atoms with E-state index in [0.29, 0.717) is 5.41 Å². The van der Waals surface area contributed by atoms with Gasteiger partial charge in [0.1, 0.15) is 0 Å². The first-order valence-corrected chi connectivity index (χ1v) is 12.4. The molecule has 1 N–H and O–H groups in total. The summed E-state index contributed by atoms with van der Waals surface area (Å²) in [5, 5.41) is 14.6. The predicted molar refractivity (Wildman–Crippen MR) is 142 cm³/mol. The molecule has 0 aliphatic carbocycles. The fourth-order valence-corrected chi connectivity index (χ4v) is 5.22. The van der Waals surface area contributed by atoms with E-state index in [0.717, 1.165) is 59.5 Å². The van der Waals surface area contributed by atoms with Crippen molar-refractivity contribution >= 4 is 17.2 Å². The maximum atomic E-state index is 11.8. The van der Waals surface area contributed by atoms with E-state index in [9.17, 15) is 9.90 Å². The van der Waals surface area contributed by atoms with E-state index in [2.05, 4.69) is 80.3 Å². The van der Waals surface area contributed by atoms with Crippen molar-refractivity contribution in [3.63, 3.8) is 0 Å². The standard InChI is InChI=1S/C30H33N3O2/c1-20-8-5-6-11-24(20)22-9-7-10-23(16-22)26-18-27-29(32-14-12-30(3,4)13-15-32)25(17-28(34)35)21(2)19-33(27)31-26/h5-11,16,18-19H,12-15,17H2,1-4H3,(H,34,35).